The van der Waals surface area contributed by atoms with Crippen molar-refractivity contribution < 1.29 is 23.1 Å². The van der Waals surface area contributed by atoms with Crippen molar-refractivity contribution in [2.45, 2.75) is 44.2 Å². The Morgan fingerprint density at radius 2 is 1.85 bits per heavy atom. The maximum absolute atomic E-state index is 12.7. The van der Waals surface area contributed by atoms with Crippen molar-refractivity contribution in [1.29, 1.82) is 0 Å². The molecule has 1 saturated heterocycles. The molecule has 2 heterocycles. The van der Waals surface area contributed by atoms with Crippen LogP contribution in [-0.2, 0) is 21.4 Å². The molecule has 3 rings (SSSR count). The fourth-order valence-electron chi connectivity index (χ4n) is 3.29. The van der Waals surface area contributed by atoms with Crippen LogP contribution in [0.5, 0.6) is 5.75 Å². The normalized spacial score (nSPS) is 17.8. The van der Waals surface area contributed by atoms with Crippen LogP contribution < -0.4 is 4.74 Å². The standard InChI is InChI=1S/C19H22N2O5S/c1-13-10-15(11-14(2)20-13)12-26-16-5-7-17(8-6-16)27(24,25)21-9-3-4-18(21)19(22)23/h5-8,10-11,18H,3-4,9,12H2,1-2H3,(H,22,23)/t18-/m1/s1. The van der Waals surface area contributed by atoms with E-state index in [0.717, 1.165) is 21.3 Å². The molecule has 8 heteroatoms. The number of benzene rings is 1. The number of hydrogen-bond acceptors (Lipinski definition) is 5. The first-order valence-corrected chi connectivity index (χ1v) is 10.1. The van der Waals surface area contributed by atoms with Gasteiger partial charge in [-0.15, -0.1) is 0 Å². The summed E-state index contributed by atoms with van der Waals surface area (Å²) in [6.45, 7) is 4.40. The highest BCUT2D eigenvalue weighted by Gasteiger charge is 2.39. The number of sulfonamides is 1. The Morgan fingerprint density at radius 3 is 2.44 bits per heavy atom. The third-order valence-electron chi connectivity index (χ3n) is 4.47. The highest BCUT2D eigenvalue weighted by molar-refractivity contribution is 7.89. The molecule has 0 radical (unpaired) electrons. The lowest BCUT2D eigenvalue weighted by molar-refractivity contribution is -0.140. The third kappa shape index (κ3) is 4.28. The minimum absolute atomic E-state index is 0.0681. The van der Waals surface area contributed by atoms with Crippen LogP contribution in [0, 0.1) is 13.8 Å². The summed E-state index contributed by atoms with van der Waals surface area (Å²) in [4.78, 5) is 15.7. The largest absolute Gasteiger partial charge is 0.489 e. The van der Waals surface area contributed by atoms with Crippen LogP contribution in [0.4, 0.5) is 0 Å². The molecule has 1 aromatic heterocycles. The van der Waals surface area contributed by atoms with Crippen LogP contribution in [0.3, 0.4) is 0 Å². The Labute approximate surface area is 158 Å². The van der Waals surface area contributed by atoms with Crippen LogP contribution in [0.15, 0.2) is 41.3 Å². The van der Waals surface area contributed by atoms with Crippen molar-refractivity contribution in [3.63, 3.8) is 0 Å². The number of pyridine rings is 1. The van der Waals surface area contributed by atoms with Crippen LogP contribution in [-0.4, -0.2) is 41.4 Å². The predicted molar refractivity (Wildman–Crippen MR) is 99.0 cm³/mol. The Hall–Kier alpha value is -2.45. The van der Waals surface area contributed by atoms with Crippen molar-refractivity contribution in [1.82, 2.24) is 9.29 Å². The molecule has 7 nitrogen and oxygen atoms in total. The number of hydrogen-bond donors (Lipinski definition) is 1. The van der Waals surface area contributed by atoms with Crippen molar-refractivity contribution in [2.75, 3.05) is 6.54 Å². The van der Waals surface area contributed by atoms with Crippen LogP contribution in [0.1, 0.15) is 29.8 Å². The monoisotopic (exact) mass is 390 g/mol. The quantitative estimate of drug-likeness (QED) is 0.814. The Kier molecular flexibility index (Phi) is 5.48. The van der Waals surface area contributed by atoms with E-state index < -0.39 is 22.0 Å². The molecule has 0 saturated carbocycles. The van der Waals surface area contributed by atoms with Gasteiger partial charge in [0.2, 0.25) is 10.0 Å². The summed E-state index contributed by atoms with van der Waals surface area (Å²) in [7, 11) is -3.84. The van der Waals surface area contributed by atoms with Crippen molar-refractivity contribution in [3.8, 4) is 5.75 Å². The van der Waals surface area contributed by atoms with Gasteiger partial charge in [-0.25, -0.2) is 8.42 Å². The first-order chi connectivity index (χ1) is 12.8. The number of ether oxygens (including phenoxy) is 1. The molecule has 1 aliphatic rings. The van der Waals surface area contributed by atoms with E-state index in [0.29, 0.717) is 25.2 Å². The number of carboxylic acids is 1. The summed E-state index contributed by atoms with van der Waals surface area (Å²) >= 11 is 0. The van der Waals surface area contributed by atoms with Gasteiger partial charge in [-0.3, -0.25) is 9.78 Å². The SMILES string of the molecule is Cc1cc(COc2ccc(S(=O)(=O)N3CCC[C@@H]3C(=O)O)cc2)cc(C)n1. The number of rotatable bonds is 6. The number of carbonyl (C=O) groups is 1. The Bertz CT molecular complexity index is 921. The summed E-state index contributed by atoms with van der Waals surface area (Å²) in [5.41, 5.74) is 2.81. The van der Waals surface area contributed by atoms with Gasteiger partial charge >= 0.3 is 5.97 Å². The number of nitrogens with zero attached hydrogens (tertiary/aromatic N) is 2. The predicted octanol–water partition coefficient (Wildman–Crippen LogP) is 2.52. The summed E-state index contributed by atoms with van der Waals surface area (Å²) < 4.78 is 32.2. The van der Waals surface area contributed by atoms with Gasteiger partial charge in [0.15, 0.2) is 0 Å². The van der Waals surface area contributed by atoms with E-state index in [1.165, 1.54) is 12.1 Å². The molecule has 27 heavy (non-hydrogen) atoms. The topological polar surface area (TPSA) is 96.8 Å². The summed E-state index contributed by atoms with van der Waals surface area (Å²) in [6, 6.07) is 8.94. The lowest BCUT2D eigenvalue weighted by atomic mass is 10.2. The van der Waals surface area contributed by atoms with E-state index in [1.54, 1.807) is 12.1 Å². The van der Waals surface area contributed by atoms with Gasteiger partial charge in [-0.05, 0) is 68.7 Å². The second-order valence-corrected chi connectivity index (χ2v) is 8.52. The molecule has 0 amide bonds. The average molecular weight is 390 g/mol. The second kappa shape index (κ2) is 7.66. The molecule has 1 fully saturated rings. The lowest BCUT2D eigenvalue weighted by Gasteiger charge is -2.21. The summed E-state index contributed by atoms with van der Waals surface area (Å²) in [5.74, 6) is -0.573. The van der Waals surface area contributed by atoms with Gasteiger partial charge in [0.25, 0.3) is 0 Å². The van der Waals surface area contributed by atoms with Crippen LogP contribution in [0.25, 0.3) is 0 Å². The summed E-state index contributed by atoms with van der Waals surface area (Å²) in [6.07, 6.45) is 0.878. The van der Waals surface area contributed by atoms with E-state index in [2.05, 4.69) is 4.98 Å². The second-order valence-electron chi connectivity index (χ2n) is 6.63. The molecule has 0 aliphatic carbocycles. The van der Waals surface area contributed by atoms with Gasteiger partial charge in [0.05, 0.1) is 4.90 Å². The zero-order valence-corrected chi connectivity index (χ0v) is 16.1. The molecule has 1 aromatic carbocycles. The third-order valence-corrected chi connectivity index (χ3v) is 6.39. The number of aromatic nitrogens is 1. The number of aryl methyl sites for hydroxylation is 2. The fourth-order valence-corrected chi connectivity index (χ4v) is 4.94. The molecule has 0 bridgehead atoms. The highest BCUT2D eigenvalue weighted by Crippen LogP contribution is 2.27. The first-order valence-electron chi connectivity index (χ1n) is 8.69. The molecule has 2 aromatic rings. The average Bonchev–Trinajstić information content (AvgIpc) is 3.10. The first kappa shape index (κ1) is 19.3. The van der Waals surface area contributed by atoms with Gasteiger partial charge in [0, 0.05) is 17.9 Å². The van der Waals surface area contributed by atoms with E-state index in [-0.39, 0.29) is 11.4 Å². The van der Waals surface area contributed by atoms with Crippen molar-refractivity contribution in [2.24, 2.45) is 0 Å². The molecule has 1 aliphatic heterocycles. The molecule has 1 N–H and O–H groups in total. The van der Waals surface area contributed by atoms with Crippen LogP contribution >= 0.6 is 0 Å². The molecule has 1 atom stereocenters. The Morgan fingerprint density at radius 1 is 1.22 bits per heavy atom. The molecule has 0 unspecified atom stereocenters. The molecule has 0 spiro atoms. The maximum atomic E-state index is 12.7. The van der Waals surface area contributed by atoms with E-state index in [1.807, 2.05) is 26.0 Å². The molecular weight excluding hydrogens is 368 g/mol. The van der Waals surface area contributed by atoms with E-state index >= 15 is 0 Å². The highest BCUT2D eigenvalue weighted by atomic mass is 32.2. The van der Waals surface area contributed by atoms with Gasteiger partial charge in [0.1, 0.15) is 18.4 Å². The number of carboxylic acid groups (broad SMARTS) is 1. The fraction of sp³-hybridized carbons (Fsp3) is 0.368. The lowest BCUT2D eigenvalue weighted by Crippen LogP contribution is -2.40. The number of aliphatic carboxylic acids is 1. The minimum Gasteiger partial charge on any atom is -0.489 e. The van der Waals surface area contributed by atoms with Gasteiger partial charge < -0.3 is 9.84 Å². The zero-order chi connectivity index (χ0) is 19.6. The maximum Gasteiger partial charge on any atom is 0.322 e. The molecular formula is C19H22N2O5S. The van der Waals surface area contributed by atoms with Crippen molar-refractivity contribution in [3.05, 3.63) is 53.3 Å². The van der Waals surface area contributed by atoms with E-state index in [4.69, 9.17) is 4.74 Å². The Balaban J connectivity index is 1.72. The zero-order valence-electron chi connectivity index (χ0n) is 15.3. The smallest absolute Gasteiger partial charge is 0.322 e. The van der Waals surface area contributed by atoms with Gasteiger partial charge in [-0.2, -0.15) is 4.31 Å². The molecule has 144 valence electrons. The minimum atomic E-state index is -3.84. The van der Waals surface area contributed by atoms with Gasteiger partial charge in [-0.1, -0.05) is 0 Å². The van der Waals surface area contributed by atoms with Crippen molar-refractivity contribution >= 4 is 16.0 Å². The van der Waals surface area contributed by atoms with Crippen LogP contribution in [0.2, 0.25) is 0 Å². The summed E-state index contributed by atoms with van der Waals surface area (Å²) in [5, 5.41) is 9.22. The van der Waals surface area contributed by atoms with E-state index in [9.17, 15) is 18.3 Å².